The highest BCUT2D eigenvalue weighted by Gasteiger charge is 2.19. The third-order valence-electron chi connectivity index (χ3n) is 15.0. The van der Waals surface area contributed by atoms with Crippen LogP contribution in [0.2, 0.25) is 0 Å². The molecule has 0 saturated carbocycles. The summed E-state index contributed by atoms with van der Waals surface area (Å²) in [7, 11) is 0. The fraction of sp³-hybridized carbons (Fsp3) is 0.896. The molecule has 6 heteroatoms. The number of rotatable bonds is 61. The van der Waals surface area contributed by atoms with Gasteiger partial charge in [0.15, 0.2) is 6.10 Å². The molecule has 0 aromatic rings. The Hall–Kier alpha value is -2.11. The summed E-state index contributed by atoms with van der Waals surface area (Å²) in [4.78, 5) is 38.1. The maximum Gasteiger partial charge on any atom is 0.306 e. The first-order valence-electron chi connectivity index (χ1n) is 32.8. The zero-order valence-corrected chi connectivity index (χ0v) is 49.4. The number of hydrogen-bond acceptors (Lipinski definition) is 6. The number of ether oxygens (including phenoxy) is 3. The fourth-order valence-electron chi connectivity index (χ4n) is 10.0. The van der Waals surface area contributed by atoms with Crippen molar-refractivity contribution in [3.63, 3.8) is 0 Å². The van der Waals surface area contributed by atoms with Crippen molar-refractivity contribution < 1.29 is 28.6 Å². The molecular formula is C67H126O6. The first-order chi connectivity index (χ1) is 36.0. The molecule has 0 radical (unpaired) electrons. The van der Waals surface area contributed by atoms with E-state index < -0.39 is 6.10 Å². The lowest BCUT2D eigenvalue weighted by Gasteiger charge is -2.18. The van der Waals surface area contributed by atoms with Crippen molar-refractivity contribution in [2.24, 2.45) is 0 Å². The molecule has 0 spiro atoms. The van der Waals surface area contributed by atoms with Gasteiger partial charge in [-0.05, 0) is 51.4 Å². The molecule has 1 unspecified atom stereocenters. The maximum absolute atomic E-state index is 12.8. The van der Waals surface area contributed by atoms with Gasteiger partial charge in [0.05, 0.1) is 0 Å². The van der Waals surface area contributed by atoms with E-state index in [1.54, 1.807) is 0 Å². The summed E-state index contributed by atoms with van der Waals surface area (Å²) in [6.45, 7) is 6.67. The predicted octanol–water partition coefficient (Wildman–Crippen LogP) is 22.2. The van der Waals surface area contributed by atoms with Gasteiger partial charge in [-0.25, -0.2) is 0 Å². The van der Waals surface area contributed by atoms with E-state index in [0.29, 0.717) is 19.3 Å². The molecule has 0 fully saturated rings. The summed E-state index contributed by atoms with van der Waals surface area (Å²) >= 11 is 0. The van der Waals surface area contributed by atoms with Crippen LogP contribution in [0.25, 0.3) is 0 Å². The van der Waals surface area contributed by atoms with Crippen LogP contribution in [-0.2, 0) is 28.6 Å². The fourth-order valence-corrected chi connectivity index (χ4v) is 10.0. The van der Waals surface area contributed by atoms with Crippen molar-refractivity contribution in [1.82, 2.24) is 0 Å². The SMILES string of the molecule is CCCCCCC/C=C\C/C=C\CCCCCCCCCCCCCCCCCCCCCCCC(=O)OCC(COC(=O)CCCCCCCCCCCC)OC(=O)CCCCCCCCCCCCCC. The van der Waals surface area contributed by atoms with E-state index in [0.717, 1.165) is 64.2 Å². The van der Waals surface area contributed by atoms with Crippen LogP contribution < -0.4 is 0 Å². The molecule has 0 N–H and O–H groups in total. The molecule has 1 atom stereocenters. The molecule has 0 heterocycles. The summed E-state index contributed by atoms with van der Waals surface area (Å²) < 4.78 is 16.9. The lowest BCUT2D eigenvalue weighted by molar-refractivity contribution is -0.167. The number of carbonyl (C=O) groups excluding carboxylic acids is 3. The van der Waals surface area contributed by atoms with Crippen molar-refractivity contribution in [3.05, 3.63) is 24.3 Å². The second-order valence-electron chi connectivity index (χ2n) is 22.4. The molecule has 0 bridgehead atoms. The summed E-state index contributed by atoms with van der Waals surface area (Å²) in [5.41, 5.74) is 0. The quantitative estimate of drug-likeness (QED) is 0.0261. The molecule has 73 heavy (non-hydrogen) atoms. The van der Waals surface area contributed by atoms with Crippen molar-refractivity contribution in [2.45, 2.75) is 374 Å². The summed E-state index contributed by atoms with van der Waals surface area (Å²) in [5.74, 6) is -0.841. The van der Waals surface area contributed by atoms with Crippen LogP contribution in [0.1, 0.15) is 367 Å². The van der Waals surface area contributed by atoms with Crippen LogP contribution in [0.15, 0.2) is 24.3 Å². The van der Waals surface area contributed by atoms with Crippen LogP contribution in [0.3, 0.4) is 0 Å². The zero-order valence-electron chi connectivity index (χ0n) is 49.4. The Morgan fingerprint density at radius 3 is 0.753 bits per heavy atom. The third kappa shape index (κ3) is 60.6. The normalized spacial score (nSPS) is 12.1. The van der Waals surface area contributed by atoms with Crippen LogP contribution >= 0.6 is 0 Å². The monoisotopic (exact) mass is 1030 g/mol. The Labute approximate surface area is 455 Å². The smallest absolute Gasteiger partial charge is 0.306 e. The van der Waals surface area contributed by atoms with E-state index in [4.69, 9.17) is 14.2 Å². The van der Waals surface area contributed by atoms with Crippen LogP contribution in [-0.4, -0.2) is 37.2 Å². The van der Waals surface area contributed by atoms with E-state index >= 15 is 0 Å². The van der Waals surface area contributed by atoms with Gasteiger partial charge in [0.2, 0.25) is 0 Å². The van der Waals surface area contributed by atoms with Crippen molar-refractivity contribution in [3.8, 4) is 0 Å². The number of unbranched alkanes of at least 4 members (excludes halogenated alkanes) is 46. The Balaban J connectivity index is 3.97. The first kappa shape index (κ1) is 70.9. The van der Waals surface area contributed by atoms with Gasteiger partial charge in [0.25, 0.3) is 0 Å². The van der Waals surface area contributed by atoms with Gasteiger partial charge in [0.1, 0.15) is 13.2 Å². The van der Waals surface area contributed by atoms with Crippen molar-refractivity contribution >= 4 is 17.9 Å². The number of hydrogen-bond donors (Lipinski definition) is 0. The van der Waals surface area contributed by atoms with Crippen LogP contribution in [0.4, 0.5) is 0 Å². The highest BCUT2D eigenvalue weighted by molar-refractivity contribution is 5.71. The molecule has 0 amide bonds. The van der Waals surface area contributed by atoms with Crippen molar-refractivity contribution in [1.29, 1.82) is 0 Å². The molecule has 0 aromatic heterocycles. The van der Waals surface area contributed by atoms with E-state index in [9.17, 15) is 14.4 Å². The molecule has 6 nitrogen and oxygen atoms in total. The van der Waals surface area contributed by atoms with Crippen LogP contribution in [0.5, 0.6) is 0 Å². The molecule has 0 aliphatic heterocycles. The number of esters is 3. The van der Waals surface area contributed by atoms with Gasteiger partial charge in [-0.2, -0.15) is 0 Å². The zero-order chi connectivity index (χ0) is 52.9. The van der Waals surface area contributed by atoms with E-state index in [2.05, 4.69) is 45.1 Å². The number of carbonyl (C=O) groups is 3. The topological polar surface area (TPSA) is 78.9 Å². The third-order valence-corrected chi connectivity index (χ3v) is 15.0. The Morgan fingerprint density at radius 1 is 0.274 bits per heavy atom. The predicted molar refractivity (Wildman–Crippen MR) is 316 cm³/mol. The minimum atomic E-state index is -0.763. The van der Waals surface area contributed by atoms with Crippen molar-refractivity contribution in [2.75, 3.05) is 13.2 Å². The van der Waals surface area contributed by atoms with Gasteiger partial charge < -0.3 is 14.2 Å². The second kappa shape index (κ2) is 62.4. The molecule has 0 saturated heterocycles. The largest absolute Gasteiger partial charge is 0.462 e. The Bertz CT molecular complexity index is 1180. The molecule has 0 rings (SSSR count). The number of allylic oxidation sites excluding steroid dienone is 4. The average molecular weight is 1030 g/mol. The average Bonchev–Trinajstić information content (AvgIpc) is 3.39. The first-order valence-corrected chi connectivity index (χ1v) is 32.8. The molecule has 0 aliphatic rings. The molecular weight excluding hydrogens is 901 g/mol. The summed E-state index contributed by atoms with van der Waals surface area (Å²) in [6, 6.07) is 0. The van der Waals surface area contributed by atoms with Gasteiger partial charge in [-0.1, -0.05) is 321 Å². The van der Waals surface area contributed by atoms with Gasteiger partial charge in [0, 0.05) is 19.3 Å². The maximum atomic E-state index is 12.8. The molecule has 0 aromatic carbocycles. The standard InChI is InChI=1S/C67H126O6/c1-4-7-10-13-16-19-22-24-25-26-27-28-29-30-31-32-33-34-35-36-37-38-39-40-41-42-43-44-46-48-51-54-57-60-66(69)72-63-64(62-71-65(68)59-56-53-50-47-21-18-15-12-9-6-3)73-67(70)61-58-55-52-49-45-23-20-17-14-11-8-5-2/h22,24,26-27,64H,4-21,23,25,28-63H2,1-3H3/b24-22-,27-26-. The second-order valence-corrected chi connectivity index (χ2v) is 22.4. The van der Waals surface area contributed by atoms with Gasteiger partial charge in [-0.15, -0.1) is 0 Å². The van der Waals surface area contributed by atoms with E-state index in [1.807, 2.05) is 0 Å². The highest BCUT2D eigenvalue weighted by Crippen LogP contribution is 2.18. The molecule has 430 valence electrons. The minimum absolute atomic E-state index is 0.0637. The van der Waals surface area contributed by atoms with E-state index in [1.165, 1.54) is 263 Å². The van der Waals surface area contributed by atoms with Gasteiger partial charge in [-0.3, -0.25) is 14.4 Å². The Morgan fingerprint density at radius 2 is 0.493 bits per heavy atom. The highest BCUT2D eigenvalue weighted by atomic mass is 16.6. The lowest BCUT2D eigenvalue weighted by atomic mass is 10.0. The van der Waals surface area contributed by atoms with Crippen LogP contribution in [0, 0.1) is 0 Å². The lowest BCUT2D eigenvalue weighted by Crippen LogP contribution is -2.30. The molecule has 0 aliphatic carbocycles. The van der Waals surface area contributed by atoms with E-state index in [-0.39, 0.29) is 31.1 Å². The minimum Gasteiger partial charge on any atom is -0.462 e. The summed E-state index contributed by atoms with van der Waals surface area (Å²) in [5, 5.41) is 0. The van der Waals surface area contributed by atoms with Gasteiger partial charge >= 0.3 is 17.9 Å². The summed E-state index contributed by atoms with van der Waals surface area (Å²) in [6.07, 6.45) is 75.1. The Kier molecular flexibility index (Phi) is 60.6.